The lowest BCUT2D eigenvalue weighted by molar-refractivity contribution is -0.384. The Labute approximate surface area is 162 Å². The highest BCUT2D eigenvalue weighted by molar-refractivity contribution is 7.89. The first-order valence-electron chi connectivity index (χ1n) is 7.83. The van der Waals surface area contributed by atoms with Gasteiger partial charge in [0.25, 0.3) is 11.6 Å². The maximum atomic E-state index is 12.9. The molecule has 144 valence electrons. The molecule has 0 bridgehead atoms. The fourth-order valence-electron chi connectivity index (χ4n) is 2.44. The van der Waals surface area contributed by atoms with E-state index in [1.54, 1.807) is 13.0 Å². The van der Waals surface area contributed by atoms with Crippen LogP contribution >= 0.6 is 11.6 Å². The Morgan fingerprint density at radius 2 is 1.93 bits per heavy atom. The Balaban J connectivity index is 2.38. The maximum absolute atomic E-state index is 12.9. The summed E-state index contributed by atoms with van der Waals surface area (Å²) < 4.78 is 26.1. The summed E-state index contributed by atoms with van der Waals surface area (Å²) in [6, 6.07) is 9.30. The Kier molecular flexibility index (Phi) is 6.19. The maximum Gasteiger partial charge on any atom is 0.269 e. The third-order valence-corrected chi connectivity index (χ3v) is 5.95. The van der Waals surface area contributed by atoms with Gasteiger partial charge in [0, 0.05) is 19.2 Å². The molecule has 2 aromatic carbocycles. The van der Waals surface area contributed by atoms with E-state index in [0.29, 0.717) is 5.56 Å². The molecule has 1 N–H and O–H groups in total. The number of amides is 1. The van der Waals surface area contributed by atoms with Gasteiger partial charge in [0.2, 0.25) is 10.0 Å². The number of nitro groups is 1. The van der Waals surface area contributed by atoms with Crippen LogP contribution in [0.3, 0.4) is 0 Å². The summed E-state index contributed by atoms with van der Waals surface area (Å²) in [6.45, 7) is 1.71. The molecule has 1 atom stereocenters. The Hall–Kier alpha value is -2.49. The van der Waals surface area contributed by atoms with Crippen molar-refractivity contribution < 1.29 is 18.1 Å². The zero-order valence-electron chi connectivity index (χ0n) is 14.8. The minimum absolute atomic E-state index is 0.0211. The summed E-state index contributed by atoms with van der Waals surface area (Å²) >= 11 is 6.09. The topological polar surface area (TPSA) is 110 Å². The van der Waals surface area contributed by atoms with Crippen molar-refractivity contribution in [3.05, 3.63) is 68.7 Å². The summed E-state index contributed by atoms with van der Waals surface area (Å²) in [4.78, 5) is 24.6. The molecule has 0 saturated heterocycles. The fraction of sp³-hybridized carbons (Fsp3) is 0.235. The van der Waals surface area contributed by atoms with Crippen LogP contribution in [-0.2, 0) is 10.0 Å². The molecule has 0 spiro atoms. The number of rotatable bonds is 6. The van der Waals surface area contributed by atoms with Crippen molar-refractivity contribution in [3.8, 4) is 0 Å². The summed E-state index contributed by atoms with van der Waals surface area (Å²) in [5.41, 5.74) is 0.503. The van der Waals surface area contributed by atoms with Gasteiger partial charge in [-0.1, -0.05) is 23.7 Å². The molecule has 0 aliphatic heterocycles. The molecule has 0 aromatic heterocycles. The lowest BCUT2D eigenvalue weighted by Gasteiger charge is -2.26. The van der Waals surface area contributed by atoms with Crippen molar-refractivity contribution in [3.63, 3.8) is 0 Å². The van der Waals surface area contributed by atoms with E-state index in [4.69, 9.17) is 11.6 Å². The van der Waals surface area contributed by atoms with E-state index in [1.807, 2.05) is 0 Å². The monoisotopic (exact) mass is 411 g/mol. The zero-order valence-corrected chi connectivity index (χ0v) is 16.4. The van der Waals surface area contributed by atoms with Gasteiger partial charge in [-0.05, 0) is 37.7 Å². The predicted molar refractivity (Wildman–Crippen MR) is 101 cm³/mol. The van der Waals surface area contributed by atoms with E-state index in [2.05, 4.69) is 4.72 Å². The van der Waals surface area contributed by atoms with Gasteiger partial charge in [-0.2, -0.15) is 0 Å². The average molecular weight is 412 g/mol. The first-order valence-corrected chi connectivity index (χ1v) is 9.69. The van der Waals surface area contributed by atoms with Crippen LogP contribution in [0.15, 0.2) is 47.4 Å². The van der Waals surface area contributed by atoms with E-state index in [1.165, 1.54) is 55.4 Å². The number of non-ortho nitro benzene ring substituents is 1. The first kappa shape index (κ1) is 20.8. The van der Waals surface area contributed by atoms with Crippen LogP contribution in [0.1, 0.15) is 28.9 Å². The minimum atomic E-state index is -3.74. The summed E-state index contributed by atoms with van der Waals surface area (Å²) in [5, 5.41) is 11.1. The van der Waals surface area contributed by atoms with Crippen LogP contribution in [0.2, 0.25) is 5.02 Å². The van der Waals surface area contributed by atoms with E-state index >= 15 is 0 Å². The number of carbonyl (C=O) groups excluding carboxylic acids is 1. The van der Waals surface area contributed by atoms with Gasteiger partial charge in [0.05, 0.1) is 26.4 Å². The van der Waals surface area contributed by atoms with Gasteiger partial charge >= 0.3 is 0 Å². The second kappa shape index (κ2) is 8.03. The molecule has 0 heterocycles. The Morgan fingerprint density at radius 3 is 2.52 bits per heavy atom. The smallest absolute Gasteiger partial charge is 0.269 e. The molecule has 2 aromatic rings. The molecule has 0 aliphatic rings. The standard InChI is InChI=1S/C17H18ClN3O5S/c1-11(12-5-4-6-13(9-12)21(23)24)20(3)17(22)15-10-14(7-8-16(15)18)27(25,26)19-2/h4-11,19H,1-3H3. The zero-order chi connectivity index (χ0) is 20.4. The quantitative estimate of drug-likeness (QED) is 0.580. The van der Waals surface area contributed by atoms with Crippen molar-refractivity contribution in [2.75, 3.05) is 14.1 Å². The molecule has 1 amide bonds. The molecule has 8 nitrogen and oxygen atoms in total. The largest absolute Gasteiger partial charge is 0.335 e. The van der Waals surface area contributed by atoms with Crippen molar-refractivity contribution in [2.45, 2.75) is 17.9 Å². The lowest BCUT2D eigenvalue weighted by atomic mass is 10.1. The number of carbonyl (C=O) groups is 1. The molecule has 1 unspecified atom stereocenters. The van der Waals surface area contributed by atoms with E-state index in [9.17, 15) is 23.3 Å². The Bertz CT molecular complexity index is 994. The second-order valence-electron chi connectivity index (χ2n) is 5.79. The average Bonchev–Trinajstić information content (AvgIpc) is 2.66. The number of sulfonamides is 1. The number of hydrogen-bond donors (Lipinski definition) is 1. The van der Waals surface area contributed by atoms with Crippen LogP contribution in [0.5, 0.6) is 0 Å². The minimum Gasteiger partial charge on any atom is -0.335 e. The highest BCUT2D eigenvalue weighted by Gasteiger charge is 2.24. The van der Waals surface area contributed by atoms with E-state index < -0.39 is 26.9 Å². The Morgan fingerprint density at radius 1 is 1.26 bits per heavy atom. The molecule has 0 aliphatic carbocycles. The fourth-order valence-corrected chi connectivity index (χ4v) is 3.40. The molecule has 0 radical (unpaired) electrons. The third kappa shape index (κ3) is 4.44. The normalized spacial score (nSPS) is 12.4. The summed E-state index contributed by atoms with van der Waals surface area (Å²) in [6.07, 6.45) is 0. The van der Waals surface area contributed by atoms with Gasteiger partial charge in [-0.3, -0.25) is 14.9 Å². The summed E-state index contributed by atoms with van der Waals surface area (Å²) in [7, 11) is -0.957. The molecule has 27 heavy (non-hydrogen) atoms. The molecular weight excluding hydrogens is 394 g/mol. The highest BCUT2D eigenvalue weighted by Crippen LogP contribution is 2.27. The van der Waals surface area contributed by atoms with Crippen LogP contribution in [0.25, 0.3) is 0 Å². The van der Waals surface area contributed by atoms with Gasteiger partial charge in [0.1, 0.15) is 0 Å². The van der Waals surface area contributed by atoms with Crippen LogP contribution in [-0.4, -0.2) is 38.2 Å². The van der Waals surface area contributed by atoms with Crippen molar-refractivity contribution >= 4 is 33.2 Å². The van der Waals surface area contributed by atoms with Crippen molar-refractivity contribution in [1.82, 2.24) is 9.62 Å². The van der Waals surface area contributed by atoms with Crippen molar-refractivity contribution in [2.24, 2.45) is 0 Å². The number of nitro benzene ring substituents is 1. The van der Waals surface area contributed by atoms with Gasteiger partial charge in [-0.25, -0.2) is 13.1 Å². The van der Waals surface area contributed by atoms with E-state index in [0.717, 1.165) is 0 Å². The third-order valence-electron chi connectivity index (χ3n) is 4.21. The molecule has 0 saturated carbocycles. The predicted octanol–water partition coefficient (Wildman–Crippen LogP) is 2.99. The highest BCUT2D eigenvalue weighted by atomic mass is 35.5. The number of benzene rings is 2. The lowest BCUT2D eigenvalue weighted by Crippen LogP contribution is -2.30. The van der Waals surface area contributed by atoms with Gasteiger partial charge in [-0.15, -0.1) is 0 Å². The van der Waals surface area contributed by atoms with Crippen molar-refractivity contribution in [1.29, 1.82) is 0 Å². The van der Waals surface area contributed by atoms with Crippen LogP contribution < -0.4 is 4.72 Å². The second-order valence-corrected chi connectivity index (χ2v) is 8.09. The SMILES string of the molecule is CNS(=O)(=O)c1ccc(Cl)c(C(=O)N(C)C(C)c2cccc([N+](=O)[O-])c2)c1. The summed E-state index contributed by atoms with van der Waals surface area (Å²) in [5.74, 6) is -0.507. The van der Waals surface area contributed by atoms with Gasteiger partial charge < -0.3 is 4.90 Å². The number of nitrogens with zero attached hydrogens (tertiary/aromatic N) is 2. The number of halogens is 1. The first-order chi connectivity index (χ1) is 12.6. The number of nitrogens with one attached hydrogen (secondary N) is 1. The molecule has 0 fully saturated rings. The molecular formula is C17H18ClN3O5S. The van der Waals surface area contributed by atoms with Crippen LogP contribution in [0, 0.1) is 10.1 Å². The number of hydrogen-bond acceptors (Lipinski definition) is 5. The van der Waals surface area contributed by atoms with Crippen LogP contribution in [0.4, 0.5) is 5.69 Å². The molecule has 2 rings (SSSR count). The van der Waals surface area contributed by atoms with E-state index in [-0.39, 0.29) is 21.2 Å². The van der Waals surface area contributed by atoms with Gasteiger partial charge in [0.15, 0.2) is 0 Å². The molecule has 10 heteroatoms.